The summed E-state index contributed by atoms with van der Waals surface area (Å²) in [6, 6.07) is 12.3. The monoisotopic (exact) mass is 349 g/mol. The van der Waals surface area contributed by atoms with E-state index < -0.39 is 0 Å². The molecule has 1 aliphatic heterocycles. The van der Waals surface area contributed by atoms with E-state index in [4.69, 9.17) is 0 Å². The summed E-state index contributed by atoms with van der Waals surface area (Å²) in [5.41, 5.74) is 1.12. The fourth-order valence-electron chi connectivity index (χ4n) is 2.57. The molecule has 0 spiro atoms. The van der Waals surface area contributed by atoms with Crippen LogP contribution in [0.15, 0.2) is 40.9 Å². The Morgan fingerprint density at radius 2 is 1.80 bits per heavy atom. The van der Waals surface area contributed by atoms with Gasteiger partial charge in [-0.1, -0.05) is 46.3 Å². The third kappa shape index (κ3) is 2.86. The Balaban J connectivity index is 1.87. The fourth-order valence-corrected chi connectivity index (χ4v) is 3.95. The van der Waals surface area contributed by atoms with Gasteiger partial charge in [0.25, 0.3) is 0 Å². The molecule has 0 radical (unpaired) electrons. The maximum Gasteiger partial charge on any atom is 0.227 e. The number of carbonyl (C=O) groups is 1. The Hall–Kier alpha value is -1.000. The van der Waals surface area contributed by atoms with Crippen molar-refractivity contribution in [2.45, 2.75) is 6.42 Å². The first-order valence-electron chi connectivity index (χ1n) is 6.77. The molecule has 0 N–H and O–H groups in total. The Kier molecular flexibility index (Phi) is 4.32. The number of rotatable bonds is 2. The second-order valence-corrected chi connectivity index (χ2v) is 7.00. The zero-order valence-electron chi connectivity index (χ0n) is 11.1. The predicted molar refractivity (Wildman–Crippen MR) is 89.3 cm³/mol. The van der Waals surface area contributed by atoms with E-state index in [0.717, 1.165) is 34.6 Å². The largest absolute Gasteiger partial charge is 0.341 e. The third-order valence-corrected chi connectivity index (χ3v) is 5.30. The average molecular weight is 350 g/mol. The molecule has 1 heterocycles. The number of carbonyl (C=O) groups excluding carboxylic acids is 1. The van der Waals surface area contributed by atoms with Gasteiger partial charge in [0, 0.05) is 29.1 Å². The van der Waals surface area contributed by atoms with Crippen LogP contribution in [0, 0.1) is 0 Å². The molecule has 0 aliphatic carbocycles. The van der Waals surface area contributed by atoms with Crippen molar-refractivity contribution in [3.63, 3.8) is 0 Å². The van der Waals surface area contributed by atoms with Gasteiger partial charge in [0.2, 0.25) is 5.91 Å². The van der Waals surface area contributed by atoms with Gasteiger partial charge in [-0.3, -0.25) is 4.79 Å². The summed E-state index contributed by atoms with van der Waals surface area (Å²) < 4.78 is 1.08. The molecule has 1 amide bonds. The van der Waals surface area contributed by atoms with Crippen LogP contribution in [0.2, 0.25) is 0 Å². The molecule has 1 aliphatic rings. The van der Waals surface area contributed by atoms with Crippen LogP contribution in [-0.2, 0) is 11.2 Å². The summed E-state index contributed by atoms with van der Waals surface area (Å²) in [4.78, 5) is 14.4. The molecule has 0 aromatic heterocycles. The van der Waals surface area contributed by atoms with Crippen molar-refractivity contribution < 1.29 is 4.79 Å². The Morgan fingerprint density at radius 1 is 1.10 bits per heavy atom. The van der Waals surface area contributed by atoms with Crippen LogP contribution in [0.1, 0.15) is 5.56 Å². The van der Waals surface area contributed by atoms with Crippen LogP contribution < -0.4 is 0 Å². The number of nitrogens with zero attached hydrogens (tertiary/aromatic N) is 1. The van der Waals surface area contributed by atoms with Gasteiger partial charge in [-0.2, -0.15) is 11.8 Å². The van der Waals surface area contributed by atoms with Crippen LogP contribution >= 0.6 is 27.7 Å². The van der Waals surface area contributed by atoms with E-state index >= 15 is 0 Å². The van der Waals surface area contributed by atoms with Crippen molar-refractivity contribution in [2.24, 2.45) is 0 Å². The molecular formula is C16H16BrNOS. The van der Waals surface area contributed by atoms with E-state index in [2.05, 4.69) is 34.1 Å². The molecular weight excluding hydrogens is 334 g/mol. The van der Waals surface area contributed by atoms with Crippen LogP contribution in [0.3, 0.4) is 0 Å². The SMILES string of the molecule is O=C(Cc1ccc(Br)c2ccccc12)N1CCSCC1. The first kappa shape index (κ1) is 14.0. The first-order chi connectivity index (χ1) is 9.75. The van der Waals surface area contributed by atoms with Crippen molar-refractivity contribution in [3.8, 4) is 0 Å². The van der Waals surface area contributed by atoms with Crippen molar-refractivity contribution in [3.05, 3.63) is 46.4 Å². The molecule has 0 atom stereocenters. The van der Waals surface area contributed by atoms with E-state index in [1.165, 1.54) is 10.8 Å². The van der Waals surface area contributed by atoms with Crippen molar-refractivity contribution >= 4 is 44.4 Å². The topological polar surface area (TPSA) is 20.3 Å². The van der Waals surface area contributed by atoms with Gasteiger partial charge in [0.15, 0.2) is 0 Å². The minimum Gasteiger partial charge on any atom is -0.341 e. The molecule has 2 nitrogen and oxygen atoms in total. The van der Waals surface area contributed by atoms with Crippen molar-refractivity contribution in [2.75, 3.05) is 24.6 Å². The van der Waals surface area contributed by atoms with Gasteiger partial charge in [-0.25, -0.2) is 0 Å². The second-order valence-electron chi connectivity index (χ2n) is 4.92. The Bertz CT molecular complexity index is 637. The summed E-state index contributed by atoms with van der Waals surface area (Å²) in [7, 11) is 0. The second kappa shape index (κ2) is 6.19. The predicted octanol–water partition coefficient (Wildman–Crippen LogP) is 3.72. The highest BCUT2D eigenvalue weighted by molar-refractivity contribution is 9.10. The molecule has 0 saturated carbocycles. The molecule has 104 valence electrons. The maximum absolute atomic E-state index is 12.4. The van der Waals surface area contributed by atoms with Gasteiger partial charge in [0.05, 0.1) is 6.42 Å². The van der Waals surface area contributed by atoms with E-state index in [1.807, 2.05) is 34.9 Å². The van der Waals surface area contributed by atoms with E-state index in [-0.39, 0.29) is 5.91 Å². The maximum atomic E-state index is 12.4. The molecule has 0 unspecified atom stereocenters. The lowest BCUT2D eigenvalue weighted by Gasteiger charge is -2.26. The zero-order chi connectivity index (χ0) is 13.9. The lowest BCUT2D eigenvalue weighted by Crippen LogP contribution is -2.38. The number of thioether (sulfide) groups is 1. The Morgan fingerprint density at radius 3 is 2.55 bits per heavy atom. The van der Waals surface area contributed by atoms with Crippen molar-refractivity contribution in [1.29, 1.82) is 0 Å². The molecule has 3 rings (SSSR count). The van der Waals surface area contributed by atoms with Crippen LogP contribution in [-0.4, -0.2) is 35.4 Å². The summed E-state index contributed by atoms with van der Waals surface area (Å²) in [6.07, 6.45) is 0.498. The summed E-state index contributed by atoms with van der Waals surface area (Å²) in [5, 5.41) is 2.34. The van der Waals surface area contributed by atoms with Gasteiger partial charge in [-0.05, 0) is 22.4 Å². The highest BCUT2D eigenvalue weighted by atomic mass is 79.9. The average Bonchev–Trinajstić information content (AvgIpc) is 2.51. The molecule has 4 heteroatoms. The number of hydrogen-bond donors (Lipinski definition) is 0. The molecule has 20 heavy (non-hydrogen) atoms. The van der Waals surface area contributed by atoms with Gasteiger partial charge in [0.1, 0.15) is 0 Å². The smallest absolute Gasteiger partial charge is 0.227 e. The van der Waals surface area contributed by atoms with Crippen LogP contribution in [0.4, 0.5) is 0 Å². The van der Waals surface area contributed by atoms with Gasteiger partial charge in [-0.15, -0.1) is 0 Å². The standard InChI is InChI=1S/C16H16BrNOS/c17-15-6-5-12(13-3-1-2-4-14(13)15)11-16(19)18-7-9-20-10-8-18/h1-6H,7-11H2. The normalized spacial score (nSPS) is 15.6. The van der Waals surface area contributed by atoms with E-state index in [9.17, 15) is 4.79 Å². The molecule has 1 fully saturated rings. The number of amides is 1. The zero-order valence-corrected chi connectivity index (χ0v) is 13.5. The fraction of sp³-hybridized carbons (Fsp3) is 0.312. The highest BCUT2D eigenvalue weighted by Gasteiger charge is 2.17. The summed E-state index contributed by atoms with van der Waals surface area (Å²) in [6.45, 7) is 1.77. The number of halogens is 1. The summed E-state index contributed by atoms with van der Waals surface area (Å²) >= 11 is 5.50. The molecule has 0 bridgehead atoms. The number of fused-ring (bicyclic) bond motifs is 1. The quantitative estimate of drug-likeness (QED) is 0.823. The molecule has 1 saturated heterocycles. The van der Waals surface area contributed by atoms with Crippen LogP contribution in [0.25, 0.3) is 10.8 Å². The van der Waals surface area contributed by atoms with Gasteiger partial charge < -0.3 is 4.90 Å². The number of benzene rings is 2. The Labute approximate surface area is 131 Å². The minimum absolute atomic E-state index is 0.248. The lowest BCUT2D eigenvalue weighted by molar-refractivity contribution is -0.130. The third-order valence-electron chi connectivity index (χ3n) is 3.67. The van der Waals surface area contributed by atoms with E-state index in [0.29, 0.717) is 6.42 Å². The minimum atomic E-state index is 0.248. The lowest BCUT2D eigenvalue weighted by atomic mass is 10.0. The van der Waals surface area contributed by atoms with Crippen molar-refractivity contribution in [1.82, 2.24) is 4.90 Å². The molecule has 2 aromatic carbocycles. The number of hydrogen-bond acceptors (Lipinski definition) is 2. The molecule has 2 aromatic rings. The summed E-state index contributed by atoms with van der Waals surface area (Å²) in [5.74, 6) is 2.37. The first-order valence-corrected chi connectivity index (χ1v) is 8.72. The highest BCUT2D eigenvalue weighted by Crippen LogP contribution is 2.27. The van der Waals surface area contributed by atoms with Crippen LogP contribution in [0.5, 0.6) is 0 Å². The van der Waals surface area contributed by atoms with E-state index in [1.54, 1.807) is 0 Å². The van der Waals surface area contributed by atoms with Gasteiger partial charge >= 0.3 is 0 Å².